The fourth-order valence-corrected chi connectivity index (χ4v) is 3.85. The number of ether oxygens (including phenoxy) is 1. The van der Waals surface area contributed by atoms with Crippen molar-refractivity contribution in [3.05, 3.63) is 56.9 Å². The van der Waals surface area contributed by atoms with Crippen molar-refractivity contribution >= 4 is 63.5 Å². The number of benzene rings is 2. The molecule has 3 rings (SSSR count). The zero-order valence-electron chi connectivity index (χ0n) is 12.4. The van der Waals surface area contributed by atoms with Gasteiger partial charge in [0, 0.05) is 21.2 Å². The molecule has 0 radical (unpaired) electrons. The Morgan fingerprint density at radius 3 is 2.62 bits per heavy atom. The molecule has 1 N–H and O–H groups in total. The largest absolute Gasteiger partial charge is 0.496 e. The molecular weight excluding hydrogens is 385 g/mol. The molecule has 1 amide bonds. The zero-order valence-corrected chi connectivity index (χ0v) is 15.6. The first-order valence-electron chi connectivity index (χ1n) is 6.86. The van der Waals surface area contributed by atoms with E-state index in [1.54, 1.807) is 25.3 Å². The van der Waals surface area contributed by atoms with Crippen molar-refractivity contribution < 1.29 is 9.53 Å². The number of amides is 1. The Morgan fingerprint density at radius 2 is 2.00 bits per heavy atom. The summed E-state index contributed by atoms with van der Waals surface area (Å²) in [6, 6.07) is 11.0. The molecule has 0 atom stereocenters. The number of thioether (sulfide) groups is 1. The van der Waals surface area contributed by atoms with E-state index in [2.05, 4.69) is 5.32 Å². The molecule has 0 aliphatic carbocycles. The van der Waals surface area contributed by atoms with Crippen molar-refractivity contribution in [2.45, 2.75) is 0 Å². The van der Waals surface area contributed by atoms with E-state index in [1.165, 1.54) is 11.8 Å². The van der Waals surface area contributed by atoms with Crippen molar-refractivity contribution in [2.75, 3.05) is 7.11 Å². The van der Waals surface area contributed by atoms with Crippen molar-refractivity contribution in [1.29, 1.82) is 0 Å². The van der Waals surface area contributed by atoms with Gasteiger partial charge in [-0.1, -0.05) is 59.3 Å². The van der Waals surface area contributed by atoms with Crippen LogP contribution in [0.1, 0.15) is 5.56 Å². The van der Waals surface area contributed by atoms with E-state index in [1.807, 2.05) is 24.3 Å². The van der Waals surface area contributed by atoms with Crippen LogP contribution in [0.15, 0.2) is 41.3 Å². The molecule has 1 saturated heterocycles. The molecule has 1 aliphatic rings. The van der Waals surface area contributed by atoms with Gasteiger partial charge < -0.3 is 10.1 Å². The molecule has 1 fully saturated rings. The van der Waals surface area contributed by atoms with Gasteiger partial charge in [-0.2, -0.15) is 0 Å². The van der Waals surface area contributed by atoms with E-state index in [0.29, 0.717) is 25.0 Å². The lowest BCUT2D eigenvalue weighted by molar-refractivity contribution is -0.115. The molecule has 0 unspecified atom stereocenters. The van der Waals surface area contributed by atoms with Gasteiger partial charge in [-0.3, -0.25) is 4.79 Å². The minimum atomic E-state index is -0.206. The molecule has 3 nitrogen and oxygen atoms in total. The van der Waals surface area contributed by atoms with Crippen molar-refractivity contribution in [2.24, 2.45) is 0 Å². The smallest absolute Gasteiger partial charge is 0.263 e. The predicted octanol–water partition coefficient (Wildman–Crippen LogP) is 5.16. The van der Waals surface area contributed by atoms with Crippen LogP contribution in [0.25, 0.3) is 17.2 Å². The summed E-state index contributed by atoms with van der Waals surface area (Å²) in [7, 11) is 1.58. The van der Waals surface area contributed by atoms with E-state index >= 15 is 0 Å². The molecule has 122 valence electrons. The van der Waals surface area contributed by atoms with Gasteiger partial charge in [0.15, 0.2) is 0 Å². The number of rotatable bonds is 3. The maximum Gasteiger partial charge on any atom is 0.263 e. The highest BCUT2D eigenvalue weighted by Gasteiger charge is 2.22. The minimum Gasteiger partial charge on any atom is -0.496 e. The Bertz CT molecular complexity index is 881. The lowest BCUT2D eigenvalue weighted by Gasteiger charge is -2.10. The van der Waals surface area contributed by atoms with Crippen LogP contribution >= 0.6 is 47.2 Å². The molecule has 2 aromatic carbocycles. The fourth-order valence-electron chi connectivity index (χ4n) is 2.30. The normalized spacial score (nSPS) is 15.7. The summed E-state index contributed by atoms with van der Waals surface area (Å²) in [5, 5.41) is 3.73. The second kappa shape index (κ2) is 7.15. The number of hydrogen-bond donors (Lipinski definition) is 1. The minimum absolute atomic E-state index is 0.206. The van der Waals surface area contributed by atoms with E-state index in [-0.39, 0.29) is 5.91 Å². The molecular formula is C17H11Cl2NO2S2. The Kier molecular flexibility index (Phi) is 5.15. The molecule has 0 bridgehead atoms. The van der Waals surface area contributed by atoms with Crippen LogP contribution in [0.2, 0.25) is 10.0 Å². The average Bonchev–Trinajstić information content (AvgIpc) is 2.85. The summed E-state index contributed by atoms with van der Waals surface area (Å²) < 4.78 is 5.83. The van der Waals surface area contributed by atoms with Crippen molar-refractivity contribution in [3.8, 4) is 16.9 Å². The zero-order chi connectivity index (χ0) is 17.3. The summed E-state index contributed by atoms with van der Waals surface area (Å²) >= 11 is 18.5. The lowest BCUT2D eigenvalue weighted by Crippen LogP contribution is -2.17. The van der Waals surface area contributed by atoms with E-state index < -0.39 is 0 Å². The average molecular weight is 396 g/mol. The van der Waals surface area contributed by atoms with Gasteiger partial charge in [-0.15, -0.1) is 0 Å². The predicted molar refractivity (Wildman–Crippen MR) is 105 cm³/mol. The van der Waals surface area contributed by atoms with Gasteiger partial charge >= 0.3 is 0 Å². The van der Waals surface area contributed by atoms with Crippen LogP contribution in [-0.4, -0.2) is 17.3 Å². The van der Waals surface area contributed by atoms with Gasteiger partial charge in [0.1, 0.15) is 10.1 Å². The Labute approximate surface area is 159 Å². The second-order valence-electron chi connectivity index (χ2n) is 4.93. The molecule has 0 spiro atoms. The third-order valence-electron chi connectivity index (χ3n) is 3.40. The Balaban J connectivity index is 2.07. The first-order chi connectivity index (χ1) is 11.5. The number of methoxy groups -OCH3 is 1. The number of carbonyl (C=O) groups excluding carboxylic acids is 1. The standard InChI is InChI=1S/C17H11Cl2NO2S2/c1-22-14-5-2-9(12-4-3-11(18)8-13(12)19)6-10(14)7-15-16(21)20-17(23)24-15/h2-8H,1H3,(H,20,21,23). The third-order valence-corrected chi connectivity index (χ3v) is 5.11. The van der Waals surface area contributed by atoms with Crippen LogP contribution < -0.4 is 10.1 Å². The monoisotopic (exact) mass is 395 g/mol. The summed E-state index contributed by atoms with van der Waals surface area (Å²) in [6.45, 7) is 0. The van der Waals surface area contributed by atoms with Crippen LogP contribution in [-0.2, 0) is 4.79 Å². The maximum atomic E-state index is 11.9. The van der Waals surface area contributed by atoms with E-state index in [0.717, 1.165) is 16.7 Å². The SMILES string of the molecule is COc1ccc(-c2ccc(Cl)cc2Cl)cc1C=C1SC(=S)NC1=O. The first-order valence-corrected chi connectivity index (χ1v) is 8.84. The van der Waals surface area contributed by atoms with E-state index in [9.17, 15) is 4.79 Å². The number of hydrogen-bond acceptors (Lipinski definition) is 4. The molecule has 0 aromatic heterocycles. The van der Waals surface area contributed by atoms with Crippen molar-refractivity contribution in [3.63, 3.8) is 0 Å². The Morgan fingerprint density at radius 1 is 1.21 bits per heavy atom. The van der Waals surface area contributed by atoms with Crippen LogP contribution in [0, 0.1) is 0 Å². The van der Waals surface area contributed by atoms with Crippen molar-refractivity contribution in [1.82, 2.24) is 5.32 Å². The molecule has 2 aromatic rings. The lowest BCUT2D eigenvalue weighted by atomic mass is 10.0. The van der Waals surface area contributed by atoms with Gasteiger partial charge in [-0.05, 0) is 35.9 Å². The second-order valence-corrected chi connectivity index (χ2v) is 7.50. The first kappa shape index (κ1) is 17.3. The number of nitrogens with one attached hydrogen (secondary N) is 1. The maximum absolute atomic E-state index is 11.9. The quantitative estimate of drug-likeness (QED) is 0.575. The van der Waals surface area contributed by atoms with Crippen LogP contribution in [0.3, 0.4) is 0 Å². The highest BCUT2D eigenvalue weighted by molar-refractivity contribution is 8.26. The van der Waals surface area contributed by atoms with Gasteiger partial charge in [0.05, 0.1) is 12.0 Å². The molecule has 7 heteroatoms. The topological polar surface area (TPSA) is 38.3 Å². The van der Waals surface area contributed by atoms with Gasteiger partial charge in [-0.25, -0.2) is 0 Å². The molecule has 1 aliphatic heterocycles. The Hall–Kier alpha value is -1.53. The summed E-state index contributed by atoms with van der Waals surface area (Å²) in [5.74, 6) is 0.449. The summed E-state index contributed by atoms with van der Waals surface area (Å²) in [6.07, 6.45) is 1.76. The summed E-state index contributed by atoms with van der Waals surface area (Å²) in [4.78, 5) is 12.4. The molecule has 0 saturated carbocycles. The summed E-state index contributed by atoms with van der Waals surface area (Å²) in [5.41, 5.74) is 2.51. The van der Waals surface area contributed by atoms with Gasteiger partial charge in [0.25, 0.3) is 5.91 Å². The molecule has 24 heavy (non-hydrogen) atoms. The number of carbonyl (C=O) groups is 1. The van der Waals surface area contributed by atoms with Gasteiger partial charge in [0.2, 0.25) is 0 Å². The third kappa shape index (κ3) is 3.59. The fraction of sp³-hybridized carbons (Fsp3) is 0.0588. The van der Waals surface area contributed by atoms with E-state index in [4.69, 9.17) is 40.2 Å². The van der Waals surface area contributed by atoms with Crippen LogP contribution in [0.5, 0.6) is 5.75 Å². The number of thiocarbonyl (C=S) groups is 1. The highest BCUT2D eigenvalue weighted by Crippen LogP contribution is 2.35. The highest BCUT2D eigenvalue weighted by atomic mass is 35.5. The number of halogens is 2. The van der Waals surface area contributed by atoms with Crippen LogP contribution in [0.4, 0.5) is 0 Å². The molecule has 1 heterocycles.